The number of carbonyl (C=O) groups excluding carboxylic acids is 3. The second-order valence-electron chi connectivity index (χ2n) is 9.28. The number of amides is 1. The molecule has 0 aromatic carbocycles. The summed E-state index contributed by atoms with van der Waals surface area (Å²) >= 11 is 0. The van der Waals surface area contributed by atoms with Crippen molar-refractivity contribution >= 4 is 25.7 Å². The lowest BCUT2D eigenvalue weighted by Gasteiger charge is -2.39. The monoisotopic (exact) mass is 491 g/mol. The summed E-state index contributed by atoms with van der Waals surface area (Å²) < 4.78 is 39.5. The molecule has 1 amide bonds. The third kappa shape index (κ3) is 7.10. The number of nitrogens with one attached hydrogen (secondary N) is 1. The SMILES string of the molecule is COC(=O)CCNC(=O)[C@@H]1O[P@](=O)(OCOC(=O)c2cc(C(C)(C)C)nn2C)OCC1(C)C.[HH]. The standard InChI is InChI=1S/C20H32N3O9P.H2/c1-19(2,3)14-10-13(23(6)22-14)18(26)29-12-31-33(27)30-11-20(4,5)16(32-33)17(25)21-9-8-15(24)28-7;/h10,16H,8-9,11-12H2,1-7H3,(H,21,25);1H/t16-,33-;/m0./s1. The predicted molar refractivity (Wildman–Crippen MR) is 117 cm³/mol. The average molecular weight is 491 g/mol. The Kier molecular flexibility index (Phi) is 8.45. The van der Waals surface area contributed by atoms with Crippen LogP contribution in [0.3, 0.4) is 0 Å². The van der Waals surface area contributed by atoms with Crippen LogP contribution in [-0.4, -0.2) is 60.8 Å². The molecular formula is C20H34N3O9P. The highest BCUT2D eigenvalue weighted by Gasteiger charge is 2.49. The van der Waals surface area contributed by atoms with Crippen LogP contribution in [0.1, 0.15) is 58.6 Å². The second kappa shape index (κ2) is 10.3. The number of hydrogen-bond acceptors (Lipinski definition) is 10. The number of rotatable bonds is 8. The molecule has 12 nitrogen and oxygen atoms in total. The highest BCUT2D eigenvalue weighted by Crippen LogP contribution is 2.57. The van der Waals surface area contributed by atoms with Crippen molar-refractivity contribution in [3.63, 3.8) is 0 Å². The number of hydrogen-bond donors (Lipinski definition) is 1. The highest BCUT2D eigenvalue weighted by molar-refractivity contribution is 7.48. The fourth-order valence-electron chi connectivity index (χ4n) is 2.82. The maximum atomic E-state index is 12.9. The van der Waals surface area contributed by atoms with Gasteiger partial charge in [-0.15, -0.1) is 0 Å². The number of methoxy groups -OCH3 is 1. The van der Waals surface area contributed by atoms with Crippen molar-refractivity contribution < 1.29 is 43.4 Å². The molecule has 2 atom stereocenters. The largest absolute Gasteiger partial charge is 0.478 e. The smallest absolute Gasteiger partial charge is 0.469 e. The minimum atomic E-state index is -4.19. The average Bonchev–Trinajstić information content (AvgIpc) is 3.12. The van der Waals surface area contributed by atoms with E-state index in [1.807, 2.05) is 20.8 Å². The van der Waals surface area contributed by atoms with Gasteiger partial charge in [0.1, 0.15) is 5.69 Å². The van der Waals surface area contributed by atoms with Gasteiger partial charge in [0, 0.05) is 25.8 Å². The van der Waals surface area contributed by atoms with Crippen LogP contribution >= 0.6 is 7.82 Å². The highest BCUT2D eigenvalue weighted by atomic mass is 31.2. The van der Waals surface area contributed by atoms with Gasteiger partial charge in [0.15, 0.2) is 6.10 Å². The molecule has 2 heterocycles. The number of phosphoric acid groups is 1. The Bertz CT molecular complexity index is 942. The molecule has 0 bridgehead atoms. The topological polar surface area (TPSA) is 144 Å². The Labute approximate surface area is 194 Å². The van der Waals surface area contributed by atoms with Gasteiger partial charge >= 0.3 is 19.8 Å². The summed E-state index contributed by atoms with van der Waals surface area (Å²) in [5.41, 5.74) is -0.203. The predicted octanol–water partition coefficient (Wildman–Crippen LogP) is 2.32. The molecule has 0 spiro atoms. The van der Waals surface area contributed by atoms with Crippen LogP contribution in [0.4, 0.5) is 0 Å². The molecule has 1 fully saturated rings. The molecule has 1 aromatic heterocycles. The Hall–Kier alpha value is -2.27. The number of aryl methyl sites for hydroxylation is 1. The van der Waals surface area contributed by atoms with Gasteiger partial charge in [-0.25, -0.2) is 13.9 Å². The Morgan fingerprint density at radius 1 is 1.36 bits per heavy atom. The first-order chi connectivity index (χ1) is 15.2. The summed E-state index contributed by atoms with van der Waals surface area (Å²) in [7, 11) is -1.35. The van der Waals surface area contributed by atoms with Gasteiger partial charge in [-0.2, -0.15) is 5.10 Å². The quantitative estimate of drug-likeness (QED) is 0.327. The van der Waals surface area contributed by atoms with Crippen LogP contribution in [0.15, 0.2) is 6.07 Å². The fourth-order valence-corrected chi connectivity index (χ4v) is 4.33. The second-order valence-corrected chi connectivity index (χ2v) is 10.9. The summed E-state index contributed by atoms with van der Waals surface area (Å²) in [5, 5.41) is 6.83. The van der Waals surface area contributed by atoms with Gasteiger partial charge < -0.3 is 14.8 Å². The Morgan fingerprint density at radius 2 is 2.03 bits per heavy atom. The van der Waals surface area contributed by atoms with Crippen molar-refractivity contribution in [2.24, 2.45) is 12.5 Å². The van der Waals surface area contributed by atoms with E-state index in [2.05, 4.69) is 15.2 Å². The third-order valence-corrected chi connectivity index (χ3v) is 6.23. The molecule has 1 aliphatic rings. The van der Waals surface area contributed by atoms with Crippen LogP contribution in [0.2, 0.25) is 0 Å². The first kappa shape index (κ1) is 27.0. The number of phosphoric ester groups is 1. The summed E-state index contributed by atoms with van der Waals surface area (Å²) in [5.74, 6) is -1.81. The zero-order valence-electron chi connectivity index (χ0n) is 20.0. The molecule has 0 saturated carbocycles. The molecule has 0 aliphatic carbocycles. The number of ether oxygens (including phenoxy) is 2. The van der Waals surface area contributed by atoms with Crippen molar-refractivity contribution in [2.45, 2.75) is 52.6 Å². The first-order valence-electron chi connectivity index (χ1n) is 10.3. The molecule has 1 saturated heterocycles. The van der Waals surface area contributed by atoms with Crippen molar-refractivity contribution in [3.8, 4) is 0 Å². The molecule has 13 heteroatoms. The van der Waals surface area contributed by atoms with Gasteiger partial charge in [-0.3, -0.25) is 23.3 Å². The third-order valence-electron chi connectivity index (χ3n) is 4.89. The number of esters is 2. The first-order valence-corrected chi connectivity index (χ1v) is 11.8. The summed E-state index contributed by atoms with van der Waals surface area (Å²) in [6.45, 7) is 8.45. The van der Waals surface area contributed by atoms with E-state index < -0.39 is 44.0 Å². The van der Waals surface area contributed by atoms with E-state index >= 15 is 0 Å². The number of carbonyl (C=O) groups is 3. The molecule has 0 radical (unpaired) electrons. The van der Waals surface area contributed by atoms with Crippen LogP contribution < -0.4 is 5.32 Å². The van der Waals surface area contributed by atoms with Gasteiger partial charge in [0.2, 0.25) is 12.7 Å². The van der Waals surface area contributed by atoms with Gasteiger partial charge in [0.05, 0.1) is 25.8 Å². The fraction of sp³-hybridized carbons (Fsp3) is 0.700. The lowest BCUT2D eigenvalue weighted by atomic mass is 9.87. The Balaban J connectivity index is 0.00000578. The van der Waals surface area contributed by atoms with Crippen LogP contribution in [0.25, 0.3) is 0 Å². The van der Waals surface area contributed by atoms with Crippen LogP contribution in [0, 0.1) is 5.41 Å². The minimum absolute atomic E-state index is 0. The van der Waals surface area contributed by atoms with Crippen molar-refractivity contribution in [2.75, 3.05) is 27.1 Å². The molecule has 2 rings (SSSR count). The molecule has 1 N–H and O–H groups in total. The summed E-state index contributed by atoms with van der Waals surface area (Å²) in [4.78, 5) is 36.1. The zero-order chi connectivity index (χ0) is 25.0. The number of nitrogens with zero attached hydrogens (tertiary/aromatic N) is 2. The molecule has 188 valence electrons. The molecular weight excluding hydrogens is 457 g/mol. The lowest BCUT2D eigenvalue weighted by Crippen LogP contribution is -2.50. The van der Waals surface area contributed by atoms with Crippen LogP contribution in [-0.2, 0) is 49.7 Å². The van der Waals surface area contributed by atoms with E-state index in [0.29, 0.717) is 5.69 Å². The lowest BCUT2D eigenvalue weighted by molar-refractivity contribution is -0.144. The van der Waals surface area contributed by atoms with E-state index in [-0.39, 0.29) is 32.1 Å². The van der Waals surface area contributed by atoms with E-state index in [9.17, 15) is 18.9 Å². The van der Waals surface area contributed by atoms with Crippen molar-refractivity contribution in [1.82, 2.24) is 15.1 Å². The normalized spacial score (nSPS) is 22.5. The minimum Gasteiger partial charge on any atom is -0.469 e. The van der Waals surface area contributed by atoms with Gasteiger partial charge in [-0.05, 0) is 6.07 Å². The molecule has 1 aromatic rings. The van der Waals surface area contributed by atoms with E-state index in [0.717, 1.165) is 0 Å². The van der Waals surface area contributed by atoms with E-state index in [1.165, 1.54) is 11.8 Å². The van der Waals surface area contributed by atoms with E-state index in [4.69, 9.17) is 18.3 Å². The van der Waals surface area contributed by atoms with Crippen LogP contribution in [0.5, 0.6) is 0 Å². The molecule has 1 aliphatic heterocycles. The zero-order valence-corrected chi connectivity index (χ0v) is 20.9. The summed E-state index contributed by atoms with van der Waals surface area (Å²) in [6.07, 6.45) is -1.21. The maximum absolute atomic E-state index is 12.9. The Morgan fingerprint density at radius 3 is 2.61 bits per heavy atom. The molecule has 33 heavy (non-hydrogen) atoms. The van der Waals surface area contributed by atoms with Crippen molar-refractivity contribution in [1.29, 1.82) is 0 Å². The number of aromatic nitrogens is 2. The van der Waals surface area contributed by atoms with Gasteiger partial charge in [-0.1, -0.05) is 34.6 Å². The maximum Gasteiger partial charge on any atom is 0.478 e. The summed E-state index contributed by atoms with van der Waals surface area (Å²) in [6, 6.07) is 1.61. The van der Waals surface area contributed by atoms with Gasteiger partial charge in [0.25, 0.3) is 0 Å². The molecule has 0 unspecified atom stereocenters. The van der Waals surface area contributed by atoms with E-state index in [1.54, 1.807) is 27.0 Å². The van der Waals surface area contributed by atoms with Crippen molar-refractivity contribution in [3.05, 3.63) is 17.5 Å².